The first kappa shape index (κ1) is 15.4. The minimum absolute atomic E-state index is 0.0600. The first-order valence-corrected chi connectivity index (χ1v) is 7.63. The second-order valence-electron chi connectivity index (χ2n) is 5.01. The molecule has 0 aromatic carbocycles. The molecular formula is C15H20N4OS. The highest BCUT2D eigenvalue weighted by atomic mass is 32.1. The summed E-state index contributed by atoms with van der Waals surface area (Å²) in [6.07, 6.45) is 0. The van der Waals surface area contributed by atoms with Crippen molar-refractivity contribution in [3.8, 4) is 0 Å². The number of aromatic nitrogens is 2. The van der Waals surface area contributed by atoms with Crippen LogP contribution in [-0.2, 0) is 0 Å². The van der Waals surface area contributed by atoms with Crippen LogP contribution in [-0.4, -0.2) is 22.9 Å². The van der Waals surface area contributed by atoms with Gasteiger partial charge in [0.25, 0.3) is 5.91 Å². The van der Waals surface area contributed by atoms with Gasteiger partial charge in [-0.25, -0.2) is 9.97 Å². The number of hydrogen-bond donors (Lipinski definition) is 2. The van der Waals surface area contributed by atoms with E-state index < -0.39 is 0 Å². The van der Waals surface area contributed by atoms with Gasteiger partial charge in [-0.2, -0.15) is 0 Å². The normalized spacial score (nSPS) is 12.0. The van der Waals surface area contributed by atoms with E-state index in [1.54, 1.807) is 30.5 Å². The lowest BCUT2D eigenvalue weighted by atomic mass is 10.2. The first-order chi connectivity index (χ1) is 9.90. The van der Waals surface area contributed by atoms with Crippen LogP contribution in [0.25, 0.3) is 0 Å². The molecule has 0 aliphatic heterocycles. The molecule has 2 aromatic heterocycles. The van der Waals surface area contributed by atoms with Crippen molar-refractivity contribution in [1.82, 2.24) is 15.3 Å². The Morgan fingerprint density at radius 1 is 1.24 bits per heavy atom. The van der Waals surface area contributed by atoms with E-state index in [9.17, 15) is 4.79 Å². The third kappa shape index (κ3) is 3.58. The lowest BCUT2D eigenvalue weighted by Gasteiger charge is -2.14. The standard InChI is InChI=1S/C15H20N4OS/c1-8-6-12(7-13(16-5)17-8)15(20)19-10(3)14-9(2)18-11(4)21-14/h6-7,10H,1-5H3,(H,16,17)(H,19,20). The second kappa shape index (κ2) is 6.22. The Labute approximate surface area is 128 Å². The number of hydrogen-bond acceptors (Lipinski definition) is 5. The van der Waals surface area contributed by atoms with Gasteiger partial charge in [0.2, 0.25) is 0 Å². The van der Waals surface area contributed by atoms with E-state index in [1.807, 2.05) is 27.7 Å². The Hall–Kier alpha value is -1.95. The van der Waals surface area contributed by atoms with Gasteiger partial charge in [0.1, 0.15) is 5.82 Å². The first-order valence-electron chi connectivity index (χ1n) is 6.82. The maximum atomic E-state index is 12.4. The smallest absolute Gasteiger partial charge is 0.251 e. The number of anilines is 1. The van der Waals surface area contributed by atoms with Crippen LogP contribution in [0.2, 0.25) is 0 Å². The molecule has 0 aliphatic rings. The lowest BCUT2D eigenvalue weighted by Crippen LogP contribution is -2.26. The van der Waals surface area contributed by atoms with E-state index in [0.29, 0.717) is 11.4 Å². The Morgan fingerprint density at radius 2 is 1.95 bits per heavy atom. The molecule has 1 atom stereocenters. The van der Waals surface area contributed by atoms with Gasteiger partial charge in [-0.1, -0.05) is 0 Å². The quantitative estimate of drug-likeness (QED) is 0.911. The van der Waals surface area contributed by atoms with Crippen LogP contribution >= 0.6 is 11.3 Å². The molecular weight excluding hydrogens is 284 g/mol. The predicted molar refractivity (Wildman–Crippen MR) is 86.0 cm³/mol. The second-order valence-corrected chi connectivity index (χ2v) is 6.24. The number of nitrogens with zero attached hydrogens (tertiary/aromatic N) is 2. The summed E-state index contributed by atoms with van der Waals surface area (Å²) in [7, 11) is 1.79. The van der Waals surface area contributed by atoms with Gasteiger partial charge >= 0.3 is 0 Å². The number of carbonyl (C=O) groups excluding carboxylic acids is 1. The van der Waals surface area contributed by atoms with Crippen molar-refractivity contribution in [3.63, 3.8) is 0 Å². The average molecular weight is 304 g/mol. The van der Waals surface area contributed by atoms with Crippen molar-refractivity contribution in [2.45, 2.75) is 33.7 Å². The Bertz CT molecular complexity index is 666. The van der Waals surface area contributed by atoms with Gasteiger partial charge in [0.15, 0.2) is 0 Å². The largest absolute Gasteiger partial charge is 0.373 e. The Balaban J connectivity index is 2.18. The van der Waals surface area contributed by atoms with Crippen LogP contribution < -0.4 is 10.6 Å². The molecule has 1 amide bonds. The molecule has 2 N–H and O–H groups in total. The Kier molecular flexibility index (Phi) is 4.57. The van der Waals surface area contributed by atoms with Gasteiger partial charge in [-0.05, 0) is 39.8 Å². The summed E-state index contributed by atoms with van der Waals surface area (Å²) >= 11 is 1.62. The zero-order valence-corrected chi connectivity index (χ0v) is 13.8. The molecule has 2 rings (SSSR count). The summed E-state index contributed by atoms with van der Waals surface area (Å²) in [5.41, 5.74) is 2.40. The molecule has 2 heterocycles. The van der Waals surface area contributed by atoms with Gasteiger partial charge < -0.3 is 10.6 Å². The van der Waals surface area contributed by atoms with Crippen LogP contribution in [0, 0.1) is 20.8 Å². The van der Waals surface area contributed by atoms with E-state index in [4.69, 9.17) is 0 Å². The van der Waals surface area contributed by atoms with Crippen LogP contribution in [0.5, 0.6) is 0 Å². The fraction of sp³-hybridized carbons (Fsp3) is 0.400. The molecule has 0 fully saturated rings. The summed E-state index contributed by atoms with van der Waals surface area (Å²) in [4.78, 5) is 22.2. The molecule has 1 unspecified atom stereocenters. The topological polar surface area (TPSA) is 66.9 Å². The summed E-state index contributed by atoms with van der Waals surface area (Å²) in [5.74, 6) is 0.590. The summed E-state index contributed by atoms with van der Waals surface area (Å²) < 4.78 is 0. The maximum Gasteiger partial charge on any atom is 0.251 e. The van der Waals surface area contributed by atoms with E-state index >= 15 is 0 Å². The van der Waals surface area contributed by atoms with Crippen molar-refractivity contribution < 1.29 is 4.79 Å². The monoisotopic (exact) mass is 304 g/mol. The highest BCUT2D eigenvalue weighted by Crippen LogP contribution is 2.24. The summed E-state index contributed by atoms with van der Waals surface area (Å²) in [6.45, 7) is 7.79. The molecule has 112 valence electrons. The van der Waals surface area contributed by atoms with E-state index in [0.717, 1.165) is 21.3 Å². The molecule has 0 saturated carbocycles. The fourth-order valence-electron chi connectivity index (χ4n) is 2.22. The number of pyridine rings is 1. The lowest BCUT2D eigenvalue weighted by molar-refractivity contribution is 0.0940. The average Bonchev–Trinajstić information content (AvgIpc) is 2.76. The van der Waals surface area contributed by atoms with Gasteiger partial charge in [0.05, 0.1) is 16.7 Å². The van der Waals surface area contributed by atoms with Crippen molar-refractivity contribution in [3.05, 3.63) is 39.0 Å². The highest BCUT2D eigenvalue weighted by molar-refractivity contribution is 7.11. The molecule has 0 aliphatic carbocycles. The minimum atomic E-state index is -0.102. The summed E-state index contributed by atoms with van der Waals surface area (Å²) in [5, 5.41) is 7.00. The van der Waals surface area contributed by atoms with Crippen molar-refractivity contribution in [1.29, 1.82) is 0 Å². The maximum absolute atomic E-state index is 12.4. The van der Waals surface area contributed by atoms with Crippen molar-refractivity contribution in [2.24, 2.45) is 0 Å². The van der Waals surface area contributed by atoms with Gasteiger partial charge in [0, 0.05) is 23.2 Å². The Morgan fingerprint density at radius 3 is 2.52 bits per heavy atom. The van der Waals surface area contributed by atoms with Crippen molar-refractivity contribution >= 4 is 23.1 Å². The SMILES string of the molecule is CNc1cc(C(=O)NC(C)c2sc(C)nc2C)cc(C)n1. The minimum Gasteiger partial charge on any atom is -0.373 e. The molecule has 6 heteroatoms. The molecule has 0 bridgehead atoms. The molecule has 0 radical (unpaired) electrons. The van der Waals surface area contributed by atoms with Crippen molar-refractivity contribution in [2.75, 3.05) is 12.4 Å². The third-order valence-corrected chi connectivity index (χ3v) is 4.41. The number of rotatable bonds is 4. The molecule has 0 saturated heterocycles. The van der Waals surface area contributed by atoms with Crippen LogP contribution in [0.4, 0.5) is 5.82 Å². The molecule has 21 heavy (non-hydrogen) atoms. The van der Waals surface area contributed by atoms with E-state index in [-0.39, 0.29) is 11.9 Å². The van der Waals surface area contributed by atoms with Crippen LogP contribution in [0.1, 0.15) is 44.6 Å². The van der Waals surface area contributed by atoms with E-state index in [1.165, 1.54) is 0 Å². The van der Waals surface area contributed by atoms with Crippen LogP contribution in [0.15, 0.2) is 12.1 Å². The number of thiazole rings is 1. The van der Waals surface area contributed by atoms with E-state index in [2.05, 4.69) is 20.6 Å². The molecule has 2 aromatic rings. The fourth-order valence-corrected chi connectivity index (χ4v) is 3.15. The highest BCUT2D eigenvalue weighted by Gasteiger charge is 2.17. The summed E-state index contributed by atoms with van der Waals surface area (Å²) in [6, 6.07) is 3.48. The number of nitrogens with one attached hydrogen (secondary N) is 2. The predicted octanol–water partition coefficient (Wildman–Crippen LogP) is 3.00. The molecule has 0 spiro atoms. The van der Waals surface area contributed by atoms with Gasteiger partial charge in [-0.15, -0.1) is 11.3 Å². The van der Waals surface area contributed by atoms with Crippen LogP contribution in [0.3, 0.4) is 0 Å². The number of carbonyl (C=O) groups is 1. The third-order valence-electron chi connectivity index (χ3n) is 3.15. The number of aryl methyl sites for hydroxylation is 3. The molecule has 5 nitrogen and oxygen atoms in total. The number of amides is 1. The zero-order valence-electron chi connectivity index (χ0n) is 12.9. The van der Waals surface area contributed by atoms with Gasteiger partial charge in [-0.3, -0.25) is 4.79 Å². The zero-order chi connectivity index (χ0) is 15.6.